The van der Waals surface area contributed by atoms with Crippen LogP contribution < -0.4 is 4.74 Å². The van der Waals surface area contributed by atoms with Gasteiger partial charge < -0.3 is 14.4 Å². The highest BCUT2D eigenvalue weighted by atomic mass is 19.3. The fraction of sp³-hybridized carbons (Fsp3) is 0.533. The number of carbonyl (C=O) groups excluding carboxylic acids is 1. The summed E-state index contributed by atoms with van der Waals surface area (Å²) in [6.07, 6.45) is 0.585. The Labute approximate surface area is 122 Å². The Morgan fingerprint density at radius 3 is 2.76 bits per heavy atom. The van der Waals surface area contributed by atoms with Gasteiger partial charge in [0.25, 0.3) is 5.91 Å². The molecule has 1 amide bonds. The number of rotatable bonds is 5. The summed E-state index contributed by atoms with van der Waals surface area (Å²) in [6, 6.07) is 5.41. The van der Waals surface area contributed by atoms with Gasteiger partial charge in [-0.2, -0.15) is 8.78 Å². The monoisotopic (exact) mass is 299 g/mol. The first-order valence-corrected chi connectivity index (χ1v) is 6.92. The molecule has 0 aliphatic carbocycles. The summed E-state index contributed by atoms with van der Waals surface area (Å²) in [5.41, 5.74) is -0.408. The number of halogens is 2. The van der Waals surface area contributed by atoms with Crippen molar-refractivity contribution in [3.63, 3.8) is 0 Å². The van der Waals surface area contributed by atoms with Crippen molar-refractivity contribution >= 4 is 5.91 Å². The molecule has 1 unspecified atom stereocenters. The molecule has 1 aromatic carbocycles. The Bertz CT molecular complexity index is 501. The molecule has 0 N–H and O–H groups in total. The lowest BCUT2D eigenvalue weighted by Crippen LogP contribution is -2.47. The second kappa shape index (κ2) is 6.39. The number of para-hydroxylation sites is 1. The molecule has 1 fully saturated rings. The molecular weight excluding hydrogens is 280 g/mol. The molecule has 0 spiro atoms. The first-order valence-electron chi connectivity index (χ1n) is 6.92. The Kier molecular flexibility index (Phi) is 4.77. The van der Waals surface area contributed by atoms with Gasteiger partial charge in [-0.1, -0.05) is 12.1 Å². The SMILES string of the molecule is CCN(C(=O)C(F)(F)c1ccccc1OC)C1CCOC1. The van der Waals surface area contributed by atoms with E-state index in [4.69, 9.17) is 9.47 Å². The van der Waals surface area contributed by atoms with Crippen LogP contribution in [0.1, 0.15) is 18.9 Å². The van der Waals surface area contributed by atoms with Gasteiger partial charge in [0.2, 0.25) is 0 Å². The minimum Gasteiger partial charge on any atom is -0.496 e. The van der Waals surface area contributed by atoms with Gasteiger partial charge in [-0.3, -0.25) is 4.79 Å². The number of nitrogens with zero attached hydrogens (tertiary/aromatic N) is 1. The zero-order valence-corrected chi connectivity index (χ0v) is 12.1. The largest absolute Gasteiger partial charge is 0.496 e. The summed E-state index contributed by atoms with van der Waals surface area (Å²) in [5, 5.41) is 0. The number of methoxy groups -OCH3 is 1. The van der Waals surface area contributed by atoms with E-state index in [1.807, 2.05) is 0 Å². The highest BCUT2D eigenvalue weighted by molar-refractivity contribution is 5.86. The maximum Gasteiger partial charge on any atom is 0.353 e. The van der Waals surface area contributed by atoms with Crippen LogP contribution in [0.3, 0.4) is 0 Å². The average Bonchev–Trinajstić information content (AvgIpc) is 3.02. The average molecular weight is 299 g/mol. The van der Waals surface area contributed by atoms with Crippen LogP contribution >= 0.6 is 0 Å². The molecule has 1 heterocycles. The third-order valence-corrected chi connectivity index (χ3v) is 3.66. The molecule has 1 aromatic rings. The van der Waals surface area contributed by atoms with Crippen molar-refractivity contribution in [2.45, 2.75) is 25.3 Å². The molecule has 4 nitrogen and oxygen atoms in total. The Morgan fingerprint density at radius 2 is 2.19 bits per heavy atom. The number of ether oxygens (including phenoxy) is 2. The van der Waals surface area contributed by atoms with E-state index in [1.165, 1.54) is 30.2 Å². The van der Waals surface area contributed by atoms with Crippen molar-refractivity contribution in [2.75, 3.05) is 26.9 Å². The van der Waals surface area contributed by atoms with Gasteiger partial charge in [-0.15, -0.1) is 0 Å². The second-order valence-electron chi connectivity index (χ2n) is 4.88. The number of alkyl halides is 2. The Balaban J connectivity index is 2.30. The minimum atomic E-state index is -3.62. The first-order chi connectivity index (χ1) is 10.0. The van der Waals surface area contributed by atoms with Crippen LogP contribution in [-0.2, 0) is 15.5 Å². The smallest absolute Gasteiger partial charge is 0.353 e. The number of hydrogen-bond donors (Lipinski definition) is 0. The third kappa shape index (κ3) is 3.00. The molecule has 0 aromatic heterocycles. The molecule has 1 saturated heterocycles. The molecule has 1 aliphatic heterocycles. The van der Waals surface area contributed by atoms with Gasteiger partial charge >= 0.3 is 5.92 Å². The predicted octanol–water partition coefficient (Wildman–Crippen LogP) is 2.42. The van der Waals surface area contributed by atoms with E-state index >= 15 is 0 Å². The van der Waals surface area contributed by atoms with E-state index < -0.39 is 17.4 Å². The molecule has 2 rings (SSSR count). The number of carbonyl (C=O) groups is 1. The molecule has 21 heavy (non-hydrogen) atoms. The Hall–Kier alpha value is -1.69. The predicted molar refractivity (Wildman–Crippen MR) is 73.5 cm³/mol. The van der Waals surface area contributed by atoms with Crippen molar-refractivity contribution in [3.8, 4) is 5.75 Å². The highest BCUT2D eigenvalue weighted by Gasteiger charge is 2.47. The standard InChI is InChI=1S/C15H19F2NO3/c1-3-18(11-8-9-21-10-11)14(19)15(16,17)12-6-4-5-7-13(12)20-2/h4-7,11H,3,8-10H2,1-2H3. The summed E-state index contributed by atoms with van der Waals surface area (Å²) in [4.78, 5) is 13.5. The third-order valence-electron chi connectivity index (χ3n) is 3.66. The van der Waals surface area contributed by atoms with Crippen LogP contribution in [0.2, 0.25) is 0 Å². The molecule has 6 heteroatoms. The molecule has 1 atom stereocenters. The number of benzene rings is 1. The van der Waals surface area contributed by atoms with Gasteiger partial charge in [-0.05, 0) is 25.5 Å². The molecule has 0 saturated carbocycles. The van der Waals surface area contributed by atoms with Gasteiger partial charge in [0.1, 0.15) is 5.75 Å². The summed E-state index contributed by atoms with van der Waals surface area (Å²) < 4.78 is 39.3. The van der Waals surface area contributed by atoms with Gasteiger partial charge in [0.05, 0.1) is 25.3 Å². The van der Waals surface area contributed by atoms with Crippen molar-refractivity contribution in [2.24, 2.45) is 0 Å². The van der Waals surface area contributed by atoms with E-state index in [1.54, 1.807) is 13.0 Å². The van der Waals surface area contributed by atoms with E-state index in [0.29, 0.717) is 19.6 Å². The van der Waals surface area contributed by atoms with Crippen LogP contribution in [0.15, 0.2) is 24.3 Å². The van der Waals surface area contributed by atoms with Crippen LogP contribution in [0, 0.1) is 0 Å². The normalized spacial score (nSPS) is 18.6. The van der Waals surface area contributed by atoms with Crippen molar-refractivity contribution in [1.82, 2.24) is 4.90 Å². The molecular formula is C15H19F2NO3. The lowest BCUT2D eigenvalue weighted by atomic mass is 10.0. The molecule has 0 radical (unpaired) electrons. The maximum absolute atomic E-state index is 14.6. The Morgan fingerprint density at radius 1 is 1.48 bits per heavy atom. The minimum absolute atomic E-state index is 0.00887. The van der Waals surface area contributed by atoms with E-state index in [2.05, 4.69) is 0 Å². The number of likely N-dealkylation sites (N-methyl/N-ethyl adjacent to an activating group) is 1. The summed E-state index contributed by atoms with van der Waals surface area (Å²) in [6.45, 7) is 2.71. The van der Waals surface area contributed by atoms with Gasteiger partial charge in [-0.25, -0.2) is 0 Å². The summed E-state index contributed by atoms with van der Waals surface area (Å²) >= 11 is 0. The second-order valence-corrected chi connectivity index (χ2v) is 4.88. The molecule has 1 aliphatic rings. The van der Waals surface area contributed by atoms with E-state index in [9.17, 15) is 13.6 Å². The zero-order valence-electron chi connectivity index (χ0n) is 12.1. The van der Waals surface area contributed by atoms with Crippen molar-refractivity contribution < 1.29 is 23.0 Å². The lowest BCUT2D eigenvalue weighted by Gasteiger charge is -2.30. The topological polar surface area (TPSA) is 38.8 Å². The summed E-state index contributed by atoms with van der Waals surface area (Å²) in [7, 11) is 1.31. The summed E-state index contributed by atoms with van der Waals surface area (Å²) in [5.74, 6) is -4.81. The number of hydrogen-bond acceptors (Lipinski definition) is 3. The zero-order chi connectivity index (χ0) is 15.5. The lowest BCUT2D eigenvalue weighted by molar-refractivity contribution is -0.161. The van der Waals surface area contributed by atoms with Crippen LogP contribution in [0.4, 0.5) is 8.78 Å². The highest BCUT2D eigenvalue weighted by Crippen LogP contribution is 2.37. The van der Waals surface area contributed by atoms with Crippen LogP contribution in [-0.4, -0.2) is 43.7 Å². The fourth-order valence-corrected chi connectivity index (χ4v) is 2.54. The van der Waals surface area contributed by atoms with Gasteiger partial charge in [0, 0.05) is 13.2 Å². The van der Waals surface area contributed by atoms with Crippen LogP contribution in [0.5, 0.6) is 5.75 Å². The molecule has 0 bridgehead atoms. The maximum atomic E-state index is 14.6. The first kappa shape index (κ1) is 15.7. The van der Waals surface area contributed by atoms with Crippen molar-refractivity contribution in [3.05, 3.63) is 29.8 Å². The van der Waals surface area contributed by atoms with Crippen molar-refractivity contribution in [1.29, 1.82) is 0 Å². The molecule has 116 valence electrons. The van der Waals surface area contributed by atoms with Gasteiger partial charge in [0.15, 0.2) is 0 Å². The quantitative estimate of drug-likeness (QED) is 0.838. The van der Waals surface area contributed by atoms with Crippen LogP contribution in [0.25, 0.3) is 0 Å². The van der Waals surface area contributed by atoms with E-state index in [0.717, 1.165) is 0 Å². The fourth-order valence-electron chi connectivity index (χ4n) is 2.54. The van der Waals surface area contributed by atoms with E-state index in [-0.39, 0.29) is 18.3 Å². The number of amides is 1.